The second-order valence-electron chi connectivity index (χ2n) is 6.35. The van der Waals surface area contributed by atoms with Crippen LogP contribution in [0.15, 0.2) is 67.0 Å². The summed E-state index contributed by atoms with van der Waals surface area (Å²) in [5.74, 6) is 0.600. The summed E-state index contributed by atoms with van der Waals surface area (Å²) in [6.45, 7) is 1.00. The zero-order valence-electron chi connectivity index (χ0n) is 15.3. The number of rotatable bonds is 7. The smallest absolute Gasteiger partial charge is 0.353 e. The molecule has 0 unspecified atom stereocenters. The lowest BCUT2D eigenvalue weighted by atomic mass is 10.1. The lowest BCUT2D eigenvalue weighted by Crippen LogP contribution is -2.25. The molecule has 0 aliphatic heterocycles. The van der Waals surface area contributed by atoms with Gasteiger partial charge in [-0.2, -0.15) is 0 Å². The topological polar surface area (TPSA) is 75.4 Å². The van der Waals surface area contributed by atoms with Crippen LogP contribution >= 0.6 is 0 Å². The Morgan fingerprint density at radius 3 is 1.78 bits per heavy atom. The van der Waals surface area contributed by atoms with E-state index >= 15 is 0 Å². The standard InChI is InChI=1S/C20H21N5O2/c1-23(2)19-18(25(26)27)20(22-15-21-19)24(13-16-9-5-3-6-10-16)14-17-11-7-4-8-12-17/h3-12,15H,13-14H2,1-2H3. The van der Waals surface area contributed by atoms with Crippen LogP contribution in [0, 0.1) is 10.1 Å². The summed E-state index contributed by atoms with van der Waals surface area (Å²) in [4.78, 5) is 23.4. The number of nitro groups is 1. The lowest BCUT2D eigenvalue weighted by molar-refractivity contribution is -0.383. The first-order valence-corrected chi connectivity index (χ1v) is 8.55. The molecule has 0 saturated heterocycles. The molecule has 0 N–H and O–H groups in total. The normalized spacial score (nSPS) is 10.4. The Kier molecular flexibility index (Phi) is 5.61. The van der Waals surface area contributed by atoms with Gasteiger partial charge in [-0.1, -0.05) is 60.7 Å². The van der Waals surface area contributed by atoms with Crippen LogP contribution in [0.1, 0.15) is 11.1 Å². The highest BCUT2D eigenvalue weighted by Gasteiger charge is 2.28. The van der Waals surface area contributed by atoms with Gasteiger partial charge in [0.1, 0.15) is 6.33 Å². The number of aromatic nitrogens is 2. The quantitative estimate of drug-likeness (QED) is 0.471. The highest BCUT2D eigenvalue weighted by Crippen LogP contribution is 2.34. The number of benzene rings is 2. The first kappa shape index (κ1) is 18.3. The van der Waals surface area contributed by atoms with Gasteiger partial charge in [-0.3, -0.25) is 10.1 Å². The fraction of sp³-hybridized carbons (Fsp3) is 0.200. The molecule has 0 saturated carbocycles. The van der Waals surface area contributed by atoms with E-state index in [1.165, 1.54) is 6.33 Å². The highest BCUT2D eigenvalue weighted by molar-refractivity contribution is 5.71. The van der Waals surface area contributed by atoms with Gasteiger partial charge < -0.3 is 9.80 Å². The van der Waals surface area contributed by atoms with Crippen molar-refractivity contribution in [1.82, 2.24) is 9.97 Å². The van der Waals surface area contributed by atoms with E-state index in [-0.39, 0.29) is 11.5 Å². The lowest BCUT2D eigenvalue weighted by Gasteiger charge is -2.25. The molecule has 0 spiro atoms. The minimum Gasteiger partial charge on any atom is -0.357 e. The number of hydrogen-bond acceptors (Lipinski definition) is 6. The van der Waals surface area contributed by atoms with Crippen molar-refractivity contribution in [2.24, 2.45) is 0 Å². The van der Waals surface area contributed by atoms with E-state index < -0.39 is 4.92 Å². The second-order valence-corrected chi connectivity index (χ2v) is 6.35. The van der Waals surface area contributed by atoms with Crippen LogP contribution in [0.4, 0.5) is 17.3 Å². The molecule has 1 aromatic heterocycles. The van der Waals surface area contributed by atoms with Crippen LogP contribution in [0.2, 0.25) is 0 Å². The Hall–Kier alpha value is -3.48. The molecule has 7 heteroatoms. The molecular weight excluding hydrogens is 342 g/mol. The first-order chi connectivity index (χ1) is 13.1. The molecular formula is C20H21N5O2. The molecule has 0 radical (unpaired) electrons. The molecule has 0 aliphatic carbocycles. The summed E-state index contributed by atoms with van der Waals surface area (Å²) < 4.78 is 0. The molecule has 0 fully saturated rings. The fourth-order valence-corrected chi connectivity index (χ4v) is 2.90. The molecule has 0 atom stereocenters. The SMILES string of the molecule is CN(C)c1ncnc(N(Cc2ccccc2)Cc2ccccc2)c1[N+](=O)[O-]. The van der Waals surface area contributed by atoms with Gasteiger partial charge in [-0.15, -0.1) is 0 Å². The Morgan fingerprint density at radius 1 is 0.852 bits per heavy atom. The first-order valence-electron chi connectivity index (χ1n) is 8.55. The molecule has 138 valence electrons. The van der Waals surface area contributed by atoms with Crippen molar-refractivity contribution >= 4 is 17.3 Å². The van der Waals surface area contributed by atoms with Crippen LogP contribution in [-0.2, 0) is 13.1 Å². The predicted octanol–water partition coefficient (Wildman–Crippen LogP) is 3.66. The summed E-state index contributed by atoms with van der Waals surface area (Å²) in [5, 5.41) is 11.8. The minimum atomic E-state index is -0.409. The molecule has 3 aromatic rings. The molecule has 0 bridgehead atoms. The van der Waals surface area contributed by atoms with Crippen LogP contribution in [0.25, 0.3) is 0 Å². The average molecular weight is 363 g/mol. The summed E-state index contributed by atoms with van der Waals surface area (Å²) >= 11 is 0. The van der Waals surface area contributed by atoms with Crippen molar-refractivity contribution in [2.75, 3.05) is 23.9 Å². The predicted molar refractivity (Wildman–Crippen MR) is 106 cm³/mol. The van der Waals surface area contributed by atoms with Crippen LogP contribution in [0.3, 0.4) is 0 Å². The van der Waals surface area contributed by atoms with Crippen molar-refractivity contribution in [1.29, 1.82) is 0 Å². The van der Waals surface area contributed by atoms with Crippen molar-refractivity contribution in [2.45, 2.75) is 13.1 Å². The monoisotopic (exact) mass is 363 g/mol. The van der Waals surface area contributed by atoms with E-state index in [0.717, 1.165) is 11.1 Å². The van der Waals surface area contributed by atoms with Gasteiger partial charge in [-0.25, -0.2) is 9.97 Å². The zero-order chi connectivity index (χ0) is 19.2. The van der Waals surface area contributed by atoms with Crippen molar-refractivity contribution in [3.63, 3.8) is 0 Å². The minimum absolute atomic E-state index is 0.0886. The van der Waals surface area contributed by atoms with E-state index in [1.54, 1.807) is 19.0 Å². The van der Waals surface area contributed by atoms with Crippen LogP contribution in [-0.4, -0.2) is 29.0 Å². The second kappa shape index (κ2) is 8.27. The third-order valence-electron chi connectivity index (χ3n) is 4.12. The van der Waals surface area contributed by atoms with Gasteiger partial charge in [0.2, 0.25) is 11.6 Å². The largest absolute Gasteiger partial charge is 0.357 e. The summed E-state index contributed by atoms with van der Waals surface area (Å²) in [7, 11) is 3.47. The third kappa shape index (κ3) is 4.38. The highest BCUT2D eigenvalue weighted by atomic mass is 16.6. The molecule has 7 nitrogen and oxygen atoms in total. The van der Waals surface area contributed by atoms with Gasteiger partial charge in [0, 0.05) is 27.2 Å². The zero-order valence-corrected chi connectivity index (χ0v) is 15.3. The average Bonchev–Trinajstić information content (AvgIpc) is 2.68. The van der Waals surface area contributed by atoms with Gasteiger partial charge in [0.25, 0.3) is 0 Å². The van der Waals surface area contributed by atoms with Crippen molar-refractivity contribution in [3.8, 4) is 0 Å². The van der Waals surface area contributed by atoms with Gasteiger partial charge in [0.15, 0.2) is 0 Å². The Labute approximate surface area is 158 Å². The van der Waals surface area contributed by atoms with E-state index in [2.05, 4.69) is 9.97 Å². The molecule has 2 aromatic carbocycles. The van der Waals surface area contributed by atoms with Crippen molar-refractivity contribution in [3.05, 3.63) is 88.2 Å². The Morgan fingerprint density at radius 2 is 1.33 bits per heavy atom. The van der Waals surface area contributed by atoms with Crippen LogP contribution < -0.4 is 9.80 Å². The number of hydrogen-bond donors (Lipinski definition) is 0. The molecule has 3 rings (SSSR count). The molecule has 1 heterocycles. The van der Waals surface area contributed by atoms with E-state index in [1.807, 2.05) is 65.6 Å². The number of nitrogens with zero attached hydrogens (tertiary/aromatic N) is 5. The van der Waals surface area contributed by atoms with Crippen molar-refractivity contribution < 1.29 is 4.92 Å². The van der Waals surface area contributed by atoms with Crippen LogP contribution in [0.5, 0.6) is 0 Å². The summed E-state index contributed by atoms with van der Waals surface area (Å²) in [5.41, 5.74) is 2.01. The molecule has 0 amide bonds. The van der Waals surface area contributed by atoms with Gasteiger partial charge >= 0.3 is 5.69 Å². The maximum atomic E-state index is 11.8. The van der Waals surface area contributed by atoms with Gasteiger partial charge in [-0.05, 0) is 11.1 Å². The molecule has 27 heavy (non-hydrogen) atoms. The fourth-order valence-electron chi connectivity index (χ4n) is 2.90. The van der Waals surface area contributed by atoms with Gasteiger partial charge in [0.05, 0.1) is 4.92 Å². The van der Waals surface area contributed by atoms with E-state index in [4.69, 9.17) is 0 Å². The summed E-state index contributed by atoms with van der Waals surface area (Å²) in [6.07, 6.45) is 1.38. The Balaban J connectivity index is 2.07. The number of anilines is 2. The maximum absolute atomic E-state index is 11.8. The van der Waals surface area contributed by atoms with E-state index in [0.29, 0.717) is 18.9 Å². The summed E-state index contributed by atoms with van der Waals surface area (Å²) in [6, 6.07) is 19.7. The maximum Gasteiger partial charge on any atom is 0.353 e. The molecule has 0 aliphatic rings. The third-order valence-corrected chi connectivity index (χ3v) is 4.12. The Bertz CT molecular complexity index is 859. The van der Waals surface area contributed by atoms with E-state index in [9.17, 15) is 10.1 Å².